The summed E-state index contributed by atoms with van der Waals surface area (Å²) in [6.45, 7) is 7.39. The summed E-state index contributed by atoms with van der Waals surface area (Å²) in [5.41, 5.74) is 4.95. The largest absolute Gasteiger partial charge is 0.350 e. The van der Waals surface area contributed by atoms with E-state index in [2.05, 4.69) is 10.6 Å². The van der Waals surface area contributed by atoms with Gasteiger partial charge in [-0.25, -0.2) is 0 Å². The third-order valence-electron chi connectivity index (χ3n) is 3.19. The lowest BCUT2D eigenvalue weighted by atomic mass is 9.97. The highest BCUT2D eigenvalue weighted by atomic mass is 35.5. The number of carbonyl (C=O) groups excluding carboxylic acids is 2. The molecule has 1 fully saturated rings. The summed E-state index contributed by atoms with van der Waals surface area (Å²) in [5, 5.41) is 5.54. The molecule has 1 aliphatic rings. The smallest absolute Gasteiger partial charge is 0.242 e. The van der Waals surface area contributed by atoms with Gasteiger partial charge in [-0.3, -0.25) is 9.59 Å². The van der Waals surface area contributed by atoms with E-state index in [-0.39, 0.29) is 29.8 Å². The fourth-order valence-corrected chi connectivity index (χ4v) is 2.12. The molecule has 0 spiro atoms. The van der Waals surface area contributed by atoms with E-state index in [1.54, 1.807) is 6.92 Å². The van der Waals surface area contributed by atoms with Crippen LogP contribution in [0.25, 0.3) is 0 Å². The van der Waals surface area contributed by atoms with Gasteiger partial charge >= 0.3 is 0 Å². The molecule has 1 atom stereocenters. The van der Waals surface area contributed by atoms with E-state index in [4.69, 9.17) is 5.73 Å². The van der Waals surface area contributed by atoms with Crippen molar-refractivity contribution in [3.05, 3.63) is 0 Å². The molecule has 1 unspecified atom stereocenters. The molecular formula is C13H26ClN3O2. The Bertz CT molecular complexity index is 333. The van der Waals surface area contributed by atoms with Gasteiger partial charge in [0, 0.05) is 5.54 Å². The van der Waals surface area contributed by atoms with Crippen molar-refractivity contribution in [1.82, 2.24) is 10.6 Å². The fraction of sp³-hybridized carbons (Fsp3) is 0.846. The zero-order valence-electron chi connectivity index (χ0n) is 12.2. The van der Waals surface area contributed by atoms with Crippen molar-refractivity contribution in [2.75, 3.05) is 0 Å². The third kappa shape index (κ3) is 5.37. The molecule has 0 radical (unpaired) electrons. The first-order valence-electron chi connectivity index (χ1n) is 6.56. The first-order chi connectivity index (χ1) is 8.14. The Hall–Kier alpha value is -0.810. The lowest BCUT2D eigenvalue weighted by Crippen LogP contribution is -2.58. The van der Waals surface area contributed by atoms with E-state index >= 15 is 0 Å². The summed E-state index contributed by atoms with van der Waals surface area (Å²) in [4.78, 5) is 23.9. The van der Waals surface area contributed by atoms with Crippen LogP contribution in [0.4, 0.5) is 0 Å². The molecule has 1 rings (SSSR count). The topological polar surface area (TPSA) is 84.2 Å². The van der Waals surface area contributed by atoms with E-state index in [0.29, 0.717) is 12.8 Å². The van der Waals surface area contributed by atoms with Gasteiger partial charge < -0.3 is 16.4 Å². The summed E-state index contributed by atoms with van der Waals surface area (Å²) in [6, 6.07) is -0.558. The average molecular weight is 292 g/mol. The molecule has 112 valence electrons. The van der Waals surface area contributed by atoms with Crippen molar-refractivity contribution < 1.29 is 9.59 Å². The molecule has 2 amide bonds. The highest BCUT2D eigenvalue weighted by Gasteiger charge is 2.38. The predicted molar refractivity (Wildman–Crippen MR) is 78.1 cm³/mol. The van der Waals surface area contributed by atoms with Gasteiger partial charge in [0.1, 0.15) is 6.04 Å². The molecule has 0 heterocycles. The van der Waals surface area contributed by atoms with Crippen LogP contribution in [0, 0.1) is 0 Å². The summed E-state index contributed by atoms with van der Waals surface area (Å²) in [6.07, 6.45) is 3.36. The van der Waals surface area contributed by atoms with Crippen LogP contribution in [-0.2, 0) is 9.59 Å². The normalized spacial score (nSPS) is 19.2. The number of carbonyl (C=O) groups is 2. The van der Waals surface area contributed by atoms with Crippen LogP contribution in [-0.4, -0.2) is 28.9 Å². The van der Waals surface area contributed by atoms with Crippen LogP contribution >= 0.6 is 12.4 Å². The van der Waals surface area contributed by atoms with Gasteiger partial charge in [-0.05, 0) is 40.5 Å². The van der Waals surface area contributed by atoms with Crippen LogP contribution in [0.5, 0.6) is 0 Å². The number of hydrogen-bond donors (Lipinski definition) is 3. The fourth-order valence-electron chi connectivity index (χ4n) is 2.12. The van der Waals surface area contributed by atoms with Crippen LogP contribution in [0.3, 0.4) is 0 Å². The Morgan fingerprint density at radius 3 is 2.11 bits per heavy atom. The summed E-state index contributed by atoms with van der Waals surface area (Å²) >= 11 is 0. The Morgan fingerprint density at radius 1 is 1.21 bits per heavy atom. The molecule has 0 aromatic rings. The second-order valence-corrected chi connectivity index (χ2v) is 6.30. The van der Waals surface area contributed by atoms with E-state index < -0.39 is 11.6 Å². The Kier molecular flexibility index (Phi) is 6.29. The molecular weight excluding hydrogens is 266 g/mol. The zero-order valence-corrected chi connectivity index (χ0v) is 13.0. The number of rotatable bonds is 3. The lowest BCUT2D eigenvalue weighted by molar-refractivity contribution is -0.132. The number of hydrogen-bond acceptors (Lipinski definition) is 3. The first-order valence-corrected chi connectivity index (χ1v) is 6.56. The summed E-state index contributed by atoms with van der Waals surface area (Å²) in [7, 11) is 0. The minimum atomic E-state index is -0.781. The van der Waals surface area contributed by atoms with Gasteiger partial charge in [0.2, 0.25) is 11.8 Å². The molecule has 4 N–H and O–H groups in total. The SMILES string of the molecule is CC(NC(=O)C1(N)CCCC1)C(=O)NC(C)(C)C.Cl. The van der Waals surface area contributed by atoms with E-state index in [1.165, 1.54) is 0 Å². The van der Waals surface area contributed by atoms with Gasteiger partial charge in [0.05, 0.1) is 5.54 Å². The predicted octanol–water partition coefficient (Wildman–Crippen LogP) is 1.10. The van der Waals surface area contributed by atoms with Gasteiger partial charge in [-0.15, -0.1) is 12.4 Å². The molecule has 6 heteroatoms. The standard InChI is InChI=1S/C13H25N3O2.ClH/c1-9(10(17)16-12(2,3)4)15-11(18)13(14)7-5-6-8-13;/h9H,5-8,14H2,1-4H3,(H,15,18)(H,16,17);1H. The third-order valence-corrected chi connectivity index (χ3v) is 3.19. The van der Waals surface area contributed by atoms with Crippen LogP contribution in [0.15, 0.2) is 0 Å². The maximum atomic E-state index is 12.0. The molecule has 0 aromatic heterocycles. The van der Waals surface area contributed by atoms with Crippen molar-refractivity contribution >= 4 is 24.2 Å². The molecule has 5 nitrogen and oxygen atoms in total. The Balaban J connectivity index is 0.00000324. The van der Waals surface area contributed by atoms with Crippen molar-refractivity contribution in [2.24, 2.45) is 5.73 Å². The molecule has 0 saturated heterocycles. The number of halogens is 1. The molecule has 0 aliphatic heterocycles. The summed E-state index contributed by atoms with van der Waals surface area (Å²) in [5.74, 6) is -0.394. The monoisotopic (exact) mass is 291 g/mol. The molecule has 1 aliphatic carbocycles. The van der Waals surface area contributed by atoms with E-state index in [9.17, 15) is 9.59 Å². The van der Waals surface area contributed by atoms with Gasteiger partial charge in [-0.2, -0.15) is 0 Å². The molecule has 0 aromatic carbocycles. The second kappa shape index (κ2) is 6.57. The van der Waals surface area contributed by atoms with Crippen molar-refractivity contribution in [2.45, 2.75) is 70.5 Å². The maximum absolute atomic E-state index is 12.0. The minimum Gasteiger partial charge on any atom is -0.350 e. The van der Waals surface area contributed by atoms with Gasteiger partial charge in [-0.1, -0.05) is 12.8 Å². The first kappa shape index (κ1) is 18.2. The molecule has 0 bridgehead atoms. The molecule has 1 saturated carbocycles. The zero-order chi connectivity index (χ0) is 14.0. The van der Waals surface area contributed by atoms with E-state index in [1.807, 2.05) is 20.8 Å². The van der Waals surface area contributed by atoms with Crippen LogP contribution in [0.1, 0.15) is 53.4 Å². The van der Waals surface area contributed by atoms with Crippen molar-refractivity contribution in [3.8, 4) is 0 Å². The number of amides is 2. The van der Waals surface area contributed by atoms with Gasteiger partial charge in [0.25, 0.3) is 0 Å². The Morgan fingerprint density at radius 2 is 1.68 bits per heavy atom. The molecule has 19 heavy (non-hydrogen) atoms. The lowest BCUT2D eigenvalue weighted by Gasteiger charge is -2.27. The van der Waals surface area contributed by atoms with Gasteiger partial charge in [0.15, 0.2) is 0 Å². The Labute approximate surface area is 121 Å². The number of nitrogens with two attached hydrogens (primary N) is 1. The minimum absolute atomic E-state index is 0. The van der Waals surface area contributed by atoms with E-state index in [0.717, 1.165) is 12.8 Å². The maximum Gasteiger partial charge on any atom is 0.242 e. The van der Waals surface area contributed by atoms with Crippen molar-refractivity contribution in [1.29, 1.82) is 0 Å². The number of nitrogens with one attached hydrogen (secondary N) is 2. The highest BCUT2D eigenvalue weighted by Crippen LogP contribution is 2.27. The average Bonchev–Trinajstić information content (AvgIpc) is 2.63. The highest BCUT2D eigenvalue weighted by molar-refractivity contribution is 5.92. The van der Waals surface area contributed by atoms with Crippen LogP contribution in [0.2, 0.25) is 0 Å². The van der Waals surface area contributed by atoms with Crippen LogP contribution < -0.4 is 16.4 Å². The quantitative estimate of drug-likeness (QED) is 0.728. The van der Waals surface area contributed by atoms with Crippen molar-refractivity contribution in [3.63, 3.8) is 0 Å². The summed E-state index contributed by atoms with van der Waals surface area (Å²) < 4.78 is 0. The second-order valence-electron chi connectivity index (χ2n) is 6.30.